The molecule has 0 saturated carbocycles. The second kappa shape index (κ2) is 7.33. The topological polar surface area (TPSA) is 91.9 Å². The summed E-state index contributed by atoms with van der Waals surface area (Å²) in [5.74, 6) is 0.795. The fourth-order valence-corrected chi connectivity index (χ4v) is 2.73. The second-order valence-electron chi connectivity index (χ2n) is 7.31. The van der Waals surface area contributed by atoms with Crippen LogP contribution in [-0.2, 0) is 14.9 Å². The van der Waals surface area contributed by atoms with Gasteiger partial charge in [0, 0.05) is 24.6 Å². The number of morpholine rings is 1. The summed E-state index contributed by atoms with van der Waals surface area (Å²) in [6, 6.07) is 8.24. The molecule has 134 valence electrons. The number of anilines is 1. The van der Waals surface area contributed by atoms with Crippen LogP contribution in [0.4, 0.5) is 5.95 Å². The maximum Gasteiger partial charge on any atom is 0.249 e. The van der Waals surface area contributed by atoms with Gasteiger partial charge in [0.25, 0.3) is 0 Å². The first-order valence-electron chi connectivity index (χ1n) is 8.56. The van der Waals surface area contributed by atoms with E-state index >= 15 is 0 Å². The second-order valence-corrected chi connectivity index (χ2v) is 7.31. The Hall–Kier alpha value is -2.25. The van der Waals surface area contributed by atoms with Crippen LogP contribution in [-0.4, -0.2) is 46.9 Å². The van der Waals surface area contributed by atoms with E-state index in [-0.39, 0.29) is 23.3 Å². The Morgan fingerprint density at radius 1 is 1.32 bits per heavy atom. The molecule has 25 heavy (non-hydrogen) atoms. The molecule has 0 spiro atoms. The van der Waals surface area contributed by atoms with Crippen LogP contribution in [0, 0.1) is 0 Å². The number of hydrogen-bond acceptors (Lipinski definition) is 5. The molecule has 1 aromatic carbocycles. The van der Waals surface area contributed by atoms with Crippen LogP contribution >= 0.6 is 0 Å². The number of aromatic amines is 1. The molecule has 7 nitrogen and oxygen atoms in total. The maximum atomic E-state index is 12.1. The van der Waals surface area contributed by atoms with Gasteiger partial charge in [-0.25, -0.2) is 0 Å². The number of carbonyl (C=O) groups excluding carboxylic acids is 1. The Kier molecular flexibility index (Phi) is 5.15. The molecule has 2 heterocycles. The number of ether oxygens (including phenoxy) is 1. The molecule has 1 aliphatic heterocycles. The lowest BCUT2D eigenvalue weighted by molar-refractivity contribution is -0.117. The Morgan fingerprint density at radius 3 is 2.72 bits per heavy atom. The molecule has 1 amide bonds. The average molecular weight is 343 g/mol. The zero-order chi connectivity index (χ0) is 17.9. The summed E-state index contributed by atoms with van der Waals surface area (Å²) >= 11 is 0. The van der Waals surface area contributed by atoms with Gasteiger partial charge in [0.2, 0.25) is 11.9 Å². The zero-order valence-electron chi connectivity index (χ0n) is 14.9. The van der Waals surface area contributed by atoms with Crippen LogP contribution < -0.4 is 10.6 Å². The minimum absolute atomic E-state index is 0.0390. The number of benzene rings is 1. The van der Waals surface area contributed by atoms with Crippen molar-refractivity contribution in [1.29, 1.82) is 0 Å². The average Bonchev–Trinajstić information content (AvgIpc) is 3.03. The van der Waals surface area contributed by atoms with Gasteiger partial charge in [-0.3, -0.25) is 15.2 Å². The highest BCUT2D eigenvalue weighted by molar-refractivity contribution is 5.89. The van der Waals surface area contributed by atoms with E-state index in [4.69, 9.17) is 4.74 Å². The van der Waals surface area contributed by atoms with Gasteiger partial charge in [-0.15, -0.1) is 5.10 Å². The third-order valence-corrected chi connectivity index (χ3v) is 4.19. The predicted octanol–water partition coefficient (Wildman–Crippen LogP) is 2.09. The molecular weight excluding hydrogens is 318 g/mol. The quantitative estimate of drug-likeness (QED) is 0.790. The van der Waals surface area contributed by atoms with Crippen molar-refractivity contribution in [3.63, 3.8) is 0 Å². The number of hydrogen-bond donors (Lipinski definition) is 3. The van der Waals surface area contributed by atoms with E-state index in [1.807, 2.05) is 12.1 Å². The highest BCUT2D eigenvalue weighted by Gasteiger charge is 2.18. The van der Waals surface area contributed by atoms with Crippen LogP contribution in [0.25, 0.3) is 11.4 Å². The SMILES string of the molecule is CC(C)(C)c1ccc(-c2nc(NC(=O)CC3COCCN3)n[nH]2)cc1. The summed E-state index contributed by atoms with van der Waals surface area (Å²) in [5.41, 5.74) is 2.30. The molecule has 1 aliphatic rings. The summed E-state index contributed by atoms with van der Waals surface area (Å²) in [5, 5.41) is 12.9. The van der Waals surface area contributed by atoms with Crippen molar-refractivity contribution >= 4 is 11.9 Å². The summed E-state index contributed by atoms with van der Waals surface area (Å²) in [7, 11) is 0. The van der Waals surface area contributed by atoms with Crippen LogP contribution in [0.1, 0.15) is 32.8 Å². The summed E-state index contributed by atoms with van der Waals surface area (Å²) in [6.45, 7) is 8.54. The molecule has 2 aromatic rings. The van der Waals surface area contributed by atoms with Gasteiger partial charge in [-0.05, 0) is 11.0 Å². The Balaban J connectivity index is 1.61. The largest absolute Gasteiger partial charge is 0.378 e. The lowest BCUT2D eigenvalue weighted by Crippen LogP contribution is -2.43. The fraction of sp³-hybridized carbons (Fsp3) is 0.500. The van der Waals surface area contributed by atoms with Crippen molar-refractivity contribution in [2.24, 2.45) is 0 Å². The Bertz CT molecular complexity index is 712. The van der Waals surface area contributed by atoms with Crippen molar-refractivity contribution in [2.45, 2.75) is 38.6 Å². The van der Waals surface area contributed by atoms with Gasteiger partial charge in [0.15, 0.2) is 5.82 Å². The number of H-pyrrole nitrogens is 1. The number of nitrogens with one attached hydrogen (secondary N) is 3. The van der Waals surface area contributed by atoms with E-state index < -0.39 is 0 Å². The summed E-state index contributed by atoms with van der Waals surface area (Å²) in [4.78, 5) is 16.4. The summed E-state index contributed by atoms with van der Waals surface area (Å²) in [6.07, 6.45) is 0.337. The van der Waals surface area contributed by atoms with E-state index in [2.05, 4.69) is 58.7 Å². The van der Waals surface area contributed by atoms with Crippen molar-refractivity contribution in [1.82, 2.24) is 20.5 Å². The fourth-order valence-electron chi connectivity index (χ4n) is 2.73. The highest BCUT2D eigenvalue weighted by atomic mass is 16.5. The lowest BCUT2D eigenvalue weighted by atomic mass is 9.87. The minimum Gasteiger partial charge on any atom is -0.378 e. The first-order chi connectivity index (χ1) is 11.9. The third-order valence-electron chi connectivity index (χ3n) is 4.19. The molecule has 3 N–H and O–H groups in total. The predicted molar refractivity (Wildman–Crippen MR) is 96.4 cm³/mol. The van der Waals surface area contributed by atoms with Crippen molar-refractivity contribution < 1.29 is 9.53 Å². The monoisotopic (exact) mass is 343 g/mol. The van der Waals surface area contributed by atoms with Crippen LogP contribution in [0.5, 0.6) is 0 Å². The lowest BCUT2D eigenvalue weighted by Gasteiger charge is -2.22. The van der Waals surface area contributed by atoms with Crippen LogP contribution in [0.3, 0.4) is 0 Å². The number of rotatable bonds is 4. The molecule has 0 radical (unpaired) electrons. The van der Waals surface area contributed by atoms with E-state index in [1.54, 1.807) is 0 Å². The standard InChI is InChI=1S/C18H25N5O2/c1-18(2,3)13-6-4-12(5-7-13)16-21-17(23-22-16)20-15(24)10-14-11-25-9-8-19-14/h4-7,14,19H,8-11H2,1-3H3,(H2,20,21,22,23,24). The molecule has 7 heteroatoms. The van der Waals surface area contributed by atoms with Crippen molar-refractivity contribution in [3.05, 3.63) is 29.8 Å². The molecular formula is C18H25N5O2. The van der Waals surface area contributed by atoms with Gasteiger partial charge >= 0.3 is 0 Å². The molecule has 1 unspecified atom stereocenters. The maximum absolute atomic E-state index is 12.1. The number of nitrogens with zero attached hydrogens (tertiary/aromatic N) is 2. The number of carbonyl (C=O) groups is 1. The molecule has 1 aromatic heterocycles. The van der Waals surface area contributed by atoms with Crippen molar-refractivity contribution in [2.75, 3.05) is 25.1 Å². The van der Waals surface area contributed by atoms with Gasteiger partial charge < -0.3 is 10.1 Å². The molecule has 0 bridgehead atoms. The van der Waals surface area contributed by atoms with Gasteiger partial charge in [0.1, 0.15) is 0 Å². The zero-order valence-corrected chi connectivity index (χ0v) is 14.9. The van der Waals surface area contributed by atoms with E-state index in [9.17, 15) is 4.79 Å². The van der Waals surface area contributed by atoms with E-state index in [1.165, 1.54) is 5.56 Å². The minimum atomic E-state index is -0.128. The molecule has 0 aliphatic carbocycles. The Morgan fingerprint density at radius 2 is 2.08 bits per heavy atom. The van der Waals surface area contributed by atoms with Crippen LogP contribution in [0.2, 0.25) is 0 Å². The normalized spacial score (nSPS) is 18.1. The first kappa shape index (κ1) is 17.6. The van der Waals surface area contributed by atoms with Gasteiger partial charge in [-0.1, -0.05) is 45.0 Å². The Labute approximate surface area is 147 Å². The molecule has 1 atom stereocenters. The highest BCUT2D eigenvalue weighted by Crippen LogP contribution is 2.25. The van der Waals surface area contributed by atoms with E-state index in [0.717, 1.165) is 12.1 Å². The molecule has 3 rings (SSSR count). The smallest absolute Gasteiger partial charge is 0.249 e. The third kappa shape index (κ3) is 4.64. The molecule has 1 saturated heterocycles. The van der Waals surface area contributed by atoms with Gasteiger partial charge in [-0.2, -0.15) is 4.98 Å². The van der Waals surface area contributed by atoms with E-state index in [0.29, 0.717) is 25.5 Å². The number of aromatic nitrogens is 3. The van der Waals surface area contributed by atoms with Gasteiger partial charge in [0.05, 0.1) is 13.2 Å². The van der Waals surface area contributed by atoms with Crippen molar-refractivity contribution in [3.8, 4) is 11.4 Å². The van der Waals surface area contributed by atoms with Crippen LogP contribution in [0.15, 0.2) is 24.3 Å². The first-order valence-corrected chi connectivity index (χ1v) is 8.56. The summed E-state index contributed by atoms with van der Waals surface area (Å²) < 4.78 is 5.35. The molecule has 1 fully saturated rings. The number of amides is 1.